The lowest BCUT2D eigenvalue weighted by Crippen LogP contribution is -2.21. The Bertz CT molecular complexity index is 1650. The first-order valence-corrected chi connectivity index (χ1v) is 12.3. The zero-order valence-electron chi connectivity index (χ0n) is 21.5. The van der Waals surface area contributed by atoms with Crippen molar-refractivity contribution in [3.8, 4) is 22.9 Å². The van der Waals surface area contributed by atoms with Crippen LogP contribution in [-0.4, -0.2) is 41.7 Å². The molecule has 0 radical (unpaired) electrons. The lowest BCUT2D eigenvalue weighted by molar-refractivity contribution is -0.149. The molecule has 0 unspecified atom stereocenters. The molecule has 12 heteroatoms. The van der Waals surface area contributed by atoms with Crippen LogP contribution in [0.1, 0.15) is 25.0 Å². The van der Waals surface area contributed by atoms with Crippen molar-refractivity contribution in [3.63, 3.8) is 0 Å². The number of alkyl halides is 3. The lowest BCUT2D eigenvalue weighted by atomic mass is 10.1. The van der Waals surface area contributed by atoms with Gasteiger partial charge < -0.3 is 14.2 Å². The quantitative estimate of drug-likeness (QED) is 0.191. The fraction of sp³-hybridized carbons (Fsp3) is 0.214. The molecule has 3 aromatic carbocycles. The summed E-state index contributed by atoms with van der Waals surface area (Å²) in [6.45, 7) is 2.93. The van der Waals surface area contributed by atoms with Gasteiger partial charge in [0.25, 0.3) is 5.56 Å². The molecule has 208 valence electrons. The van der Waals surface area contributed by atoms with E-state index in [4.69, 9.17) is 25.8 Å². The zero-order chi connectivity index (χ0) is 29.0. The molecule has 40 heavy (non-hydrogen) atoms. The molecule has 0 aliphatic rings. The van der Waals surface area contributed by atoms with Crippen molar-refractivity contribution in [1.82, 2.24) is 9.66 Å². The molecular formula is C28H23ClF3N3O5. The second-order valence-electron chi connectivity index (χ2n) is 8.75. The first-order chi connectivity index (χ1) is 19.0. The monoisotopic (exact) mass is 573 g/mol. The van der Waals surface area contributed by atoms with E-state index in [1.54, 1.807) is 32.0 Å². The Hall–Kier alpha value is -4.38. The molecule has 1 aromatic heterocycles. The van der Waals surface area contributed by atoms with Gasteiger partial charge in [-0.25, -0.2) is 9.78 Å². The smallest absolute Gasteiger partial charge is 0.416 e. The average Bonchev–Trinajstić information content (AvgIpc) is 2.90. The van der Waals surface area contributed by atoms with Crippen molar-refractivity contribution in [2.24, 2.45) is 5.10 Å². The van der Waals surface area contributed by atoms with Crippen LogP contribution < -0.4 is 15.0 Å². The standard InChI is InChI=1S/C28H23ClF3N3O5/c1-16(2)40-24(36)15-39-25-18(12-20(29)13-23(25)38-3)14-33-35-26(17-7-6-8-19(11-17)28(30,31)32)34-22-10-5-4-9-21(22)27(35)37/h4-14,16H,15H2,1-3H3. The van der Waals surface area contributed by atoms with Crippen molar-refractivity contribution in [3.05, 3.63) is 87.2 Å². The van der Waals surface area contributed by atoms with Gasteiger partial charge in [-0.1, -0.05) is 35.9 Å². The van der Waals surface area contributed by atoms with E-state index in [2.05, 4.69) is 10.1 Å². The number of carbonyl (C=O) groups is 1. The van der Waals surface area contributed by atoms with Gasteiger partial charge >= 0.3 is 12.1 Å². The van der Waals surface area contributed by atoms with Crippen molar-refractivity contribution in [2.45, 2.75) is 26.1 Å². The van der Waals surface area contributed by atoms with Crippen molar-refractivity contribution >= 4 is 34.7 Å². The third-order valence-electron chi connectivity index (χ3n) is 5.48. The van der Waals surface area contributed by atoms with Gasteiger partial charge in [0.05, 0.1) is 35.9 Å². The number of rotatable bonds is 8. The highest BCUT2D eigenvalue weighted by Crippen LogP contribution is 2.35. The van der Waals surface area contributed by atoms with Gasteiger partial charge in [0.2, 0.25) is 0 Å². The molecule has 0 aliphatic carbocycles. The molecule has 0 saturated heterocycles. The Balaban J connectivity index is 1.86. The summed E-state index contributed by atoms with van der Waals surface area (Å²) in [5.74, 6) is -0.494. The molecule has 1 heterocycles. The first-order valence-electron chi connectivity index (χ1n) is 11.9. The number of carbonyl (C=O) groups excluding carboxylic acids is 1. The first kappa shape index (κ1) is 28.6. The minimum Gasteiger partial charge on any atom is -0.493 e. The molecule has 4 rings (SSSR count). The fourth-order valence-electron chi connectivity index (χ4n) is 3.79. The Morgan fingerprint density at radius 2 is 1.88 bits per heavy atom. The Morgan fingerprint density at radius 3 is 2.58 bits per heavy atom. The molecule has 0 aliphatic heterocycles. The van der Waals surface area contributed by atoms with E-state index in [9.17, 15) is 22.8 Å². The number of aromatic nitrogens is 2. The average molecular weight is 574 g/mol. The maximum absolute atomic E-state index is 13.5. The highest BCUT2D eigenvalue weighted by Gasteiger charge is 2.31. The van der Waals surface area contributed by atoms with Gasteiger partial charge in [-0.15, -0.1) is 0 Å². The summed E-state index contributed by atoms with van der Waals surface area (Å²) in [6, 6.07) is 13.7. The van der Waals surface area contributed by atoms with E-state index in [0.717, 1.165) is 16.8 Å². The SMILES string of the molecule is COc1cc(Cl)cc(C=Nn2c(-c3cccc(C(F)(F)F)c3)nc3ccccc3c2=O)c1OCC(=O)OC(C)C. The van der Waals surface area contributed by atoms with Gasteiger partial charge in [-0.3, -0.25) is 4.79 Å². The minimum atomic E-state index is -4.61. The number of esters is 1. The van der Waals surface area contributed by atoms with Crippen LogP contribution >= 0.6 is 11.6 Å². The van der Waals surface area contributed by atoms with Crippen LogP contribution in [-0.2, 0) is 15.7 Å². The lowest BCUT2D eigenvalue weighted by Gasteiger charge is -2.15. The third kappa shape index (κ3) is 6.42. The van der Waals surface area contributed by atoms with Crippen LogP contribution in [0.4, 0.5) is 13.2 Å². The summed E-state index contributed by atoms with van der Waals surface area (Å²) in [6.07, 6.45) is -3.75. The summed E-state index contributed by atoms with van der Waals surface area (Å²) < 4.78 is 57.3. The number of para-hydroxylation sites is 1. The van der Waals surface area contributed by atoms with Crippen LogP contribution in [0.3, 0.4) is 0 Å². The summed E-state index contributed by atoms with van der Waals surface area (Å²) >= 11 is 6.23. The van der Waals surface area contributed by atoms with Crippen molar-refractivity contribution in [1.29, 1.82) is 0 Å². The van der Waals surface area contributed by atoms with Crippen LogP contribution in [0.15, 0.2) is 70.6 Å². The van der Waals surface area contributed by atoms with Gasteiger partial charge in [-0.05, 0) is 44.2 Å². The van der Waals surface area contributed by atoms with Crippen molar-refractivity contribution in [2.75, 3.05) is 13.7 Å². The molecular weight excluding hydrogens is 551 g/mol. The van der Waals surface area contributed by atoms with Crippen LogP contribution in [0.5, 0.6) is 11.5 Å². The summed E-state index contributed by atoms with van der Waals surface area (Å²) in [7, 11) is 1.37. The topological polar surface area (TPSA) is 92.0 Å². The number of halogens is 4. The molecule has 0 amide bonds. The van der Waals surface area contributed by atoms with E-state index in [1.807, 2.05) is 0 Å². The van der Waals surface area contributed by atoms with Gasteiger partial charge in [-0.2, -0.15) is 22.9 Å². The van der Waals surface area contributed by atoms with E-state index in [0.29, 0.717) is 0 Å². The molecule has 0 spiro atoms. The summed E-state index contributed by atoms with van der Waals surface area (Å²) in [4.78, 5) is 30.0. The van der Waals surface area contributed by atoms with Crippen LogP contribution in [0.25, 0.3) is 22.3 Å². The highest BCUT2D eigenvalue weighted by molar-refractivity contribution is 6.31. The number of benzene rings is 3. The molecule has 8 nitrogen and oxygen atoms in total. The van der Waals surface area contributed by atoms with Crippen LogP contribution in [0.2, 0.25) is 5.02 Å². The van der Waals surface area contributed by atoms with E-state index in [1.165, 1.54) is 43.7 Å². The summed E-state index contributed by atoms with van der Waals surface area (Å²) in [5.41, 5.74) is -1.01. The van der Waals surface area contributed by atoms with Gasteiger partial charge in [0.15, 0.2) is 23.9 Å². The van der Waals surface area contributed by atoms with Gasteiger partial charge in [0, 0.05) is 22.2 Å². The van der Waals surface area contributed by atoms with E-state index in [-0.39, 0.29) is 50.5 Å². The summed E-state index contributed by atoms with van der Waals surface area (Å²) in [5, 5.41) is 4.71. The fourth-order valence-corrected chi connectivity index (χ4v) is 4.01. The molecule has 4 aromatic rings. The number of fused-ring (bicyclic) bond motifs is 1. The molecule has 0 fully saturated rings. The molecule has 0 bridgehead atoms. The predicted molar refractivity (Wildman–Crippen MR) is 144 cm³/mol. The second kappa shape index (κ2) is 11.8. The highest BCUT2D eigenvalue weighted by atomic mass is 35.5. The molecule has 0 saturated carbocycles. The second-order valence-corrected chi connectivity index (χ2v) is 9.18. The Kier molecular flexibility index (Phi) is 8.43. The maximum atomic E-state index is 13.5. The number of nitrogens with zero attached hydrogens (tertiary/aromatic N) is 3. The Morgan fingerprint density at radius 1 is 1.12 bits per heavy atom. The number of hydrogen-bond donors (Lipinski definition) is 0. The Labute approximate surface area is 231 Å². The number of hydrogen-bond acceptors (Lipinski definition) is 7. The largest absolute Gasteiger partial charge is 0.493 e. The number of ether oxygens (including phenoxy) is 3. The molecule has 0 atom stereocenters. The predicted octanol–water partition coefficient (Wildman–Crippen LogP) is 5.96. The third-order valence-corrected chi connectivity index (χ3v) is 5.70. The minimum absolute atomic E-state index is 0.0198. The van der Waals surface area contributed by atoms with E-state index >= 15 is 0 Å². The van der Waals surface area contributed by atoms with Crippen molar-refractivity contribution < 1.29 is 32.2 Å². The van der Waals surface area contributed by atoms with Gasteiger partial charge in [0.1, 0.15) is 0 Å². The normalized spacial score (nSPS) is 11.8. The maximum Gasteiger partial charge on any atom is 0.416 e. The zero-order valence-corrected chi connectivity index (χ0v) is 22.3. The number of methoxy groups -OCH3 is 1. The van der Waals surface area contributed by atoms with E-state index < -0.39 is 29.9 Å². The van der Waals surface area contributed by atoms with Crippen LogP contribution in [0, 0.1) is 0 Å². The molecule has 0 N–H and O–H groups in total.